The van der Waals surface area contributed by atoms with Crippen LogP contribution in [-0.2, 0) is 0 Å². The number of nitrogens with zero attached hydrogens (tertiary/aromatic N) is 1. The number of halogens is 2. The average molecular weight is 259 g/mol. The van der Waals surface area contributed by atoms with E-state index in [9.17, 15) is 0 Å². The fourth-order valence-electron chi connectivity index (χ4n) is 2.24. The van der Waals surface area contributed by atoms with Crippen LogP contribution in [0, 0.1) is 0 Å². The van der Waals surface area contributed by atoms with Gasteiger partial charge in [-0.25, -0.2) is 4.98 Å². The first kappa shape index (κ1) is 12.0. The lowest BCUT2D eigenvalue weighted by atomic mass is 9.83. The van der Waals surface area contributed by atoms with Crippen molar-refractivity contribution in [2.75, 3.05) is 11.2 Å². The van der Waals surface area contributed by atoms with E-state index in [1.54, 1.807) is 6.20 Å². The highest BCUT2D eigenvalue weighted by Crippen LogP contribution is 2.32. The molecule has 2 nitrogen and oxygen atoms in total. The SMILES string of the molecule is ClCC1(Nc2ccc(Cl)cn2)CCCCC1. The van der Waals surface area contributed by atoms with Crippen LogP contribution in [0.4, 0.5) is 5.82 Å². The second-order valence-corrected chi connectivity index (χ2v) is 5.16. The zero-order valence-electron chi connectivity index (χ0n) is 9.18. The van der Waals surface area contributed by atoms with E-state index in [2.05, 4.69) is 10.3 Å². The number of anilines is 1. The second kappa shape index (κ2) is 5.24. The Kier molecular flexibility index (Phi) is 3.93. The van der Waals surface area contributed by atoms with Gasteiger partial charge in [-0.3, -0.25) is 0 Å². The van der Waals surface area contributed by atoms with Gasteiger partial charge in [0.15, 0.2) is 0 Å². The maximum absolute atomic E-state index is 6.10. The molecule has 0 aliphatic heterocycles. The van der Waals surface area contributed by atoms with Gasteiger partial charge < -0.3 is 5.32 Å². The maximum Gasteiger partial charge on any atom is 0.126 e. The van der Waals surface area contributed by atoms with E-state index >= 15 is 0 Å². The first-order valence-corrected chi connectivity index (χ1v) is 6.61. The third-order valence-corrected chi connectivity index (χ3v) is 3.92. The topological polar surface area (TPSA) is 24.9 Å². The monoisotopic (exact) mass is 258 g/mol. The number of hydrogen-bond donors (Lipinski definition) is 1. The van der Waals surface area contributed by atoms with Crippen LogP contribution >= 0.6 is 23.2 Å². The van der Waals surface area contributed by atoms with Gasteiger partial charge in [0.2, 0.25) is 0 Å². The Hall–Kier alpha value is -0.470. The van der Waals surface area contributed by atoms with Crippen LogP contribution in [0.2, 0.25) is 5.02 Å². The Bertz CT molecular complexity index is 331. The van der Waals surface area contributed by atoms with Crippen LogP contribution < -0.4 is 5.32 Å². The Labute approximate surface area is 106 Å². The first-order valence-electron chi connectivity index (χ1n) is 5.70. The smallest absolute Gasteiger partial charge is 0.126 e. The zero-order valence-corrected chi connectivity index (χ0v) is 10.7. The normalized spacial score (nSPS) is 19.4. The lowest BCUT2D eigenvalue weighted by molar-refractivity contribution is 0.352. The molecule has 1 fully saturated rings. The van der Waals surface area contributed by atoms with Crippen LogP contribution in [-0.4, -0.2) is 16.4 Å². The van der Waals surface area contributed by atoms with Crippen molar-refractivity contribution in [1.82, 2.24) is 4.98 Å². The van der Waals surface area contributed by atoms with Crippen LogP contribution in [0.15, 0.2) is 18.3 Å². The molecule has 1 N–H and O–H groups in total. The molecule has 4 heteroatoms. The summed E-state index contributed by atoms with van der Waals surface area (Å²) in [5.74, 6) is 1.50. The highest BCUT2D eigenvalue weighted by atomic mass is 35.5. The molecule has 1 aliphatic rings. The van der Waals surface area contributed by atoms with Crippen molar-refractivity contribution < 1.29 is 0 Å². The molecule has 0 atom stereocenters. The summed E-state index contributed by atoms with van der Waals surface area (Å²) in [6.45, 7) is 0. The quantitative estimate of drug-likeness (QED) is 0.827. The summed E-state index contributed by atoms with van der Waals surface area (Å²) >= 11 is 11.9. The maximum atomic E-state index is 6.10. The van der Waals surface area contributed by atoms with Gasteiger partial charge in [-0.05, 0) is 25.0 Å². The summed E-state index contributed by atoms with van der Waals surface area (Å²) < 4.78 is 0. The van der Waals surface area contributed by atoms with Gasteiger partial charge >= 0.3 is 0 Å². The van der Waals surface area contributed by atoms with Crippen LogP contribution in [0.25, 0.3) is 0 Å². The van der Waals surface area contributed by atoms with Gasteiger partial charge in [0.05, 0.1) is 10.6 Å². The van der Waals surface area contributed by atoms with Gasteiger partial charge in [-0.1, -0.05) is 30.9 Å². The average Bonchev–Trinajstić information content (AvgIpc) is 2.33. The van der Waals surface area contributed by atoms with Gasteiger partial charge in [0.1, 0.15) is 5.82 Å². The van der Waals surface area contributed by atoms with E-state index < -0.39 is 0 Å². The van der Waals surface area contributed by atoms with Crippen LogP contribution in [0.3, 0.4) is 0 Å². The van der Waals surface area contributed by atoms with Crippen molar-refractivity contribution in [2.45, 2.75) is 37.6 Å². The molecule has 0 saturated heterocycles. The highest BCUT2D eigenvalue weighted by molar-refractivity contribution is 6.30. The molecule has 0 amide bonds. The number of pyridine rings is 1. The van der Waals surface area contributed by atoms with Crippen molar-refractivity contribution in [2.24, 2.45) is 0 Å². The first-order chi connectivity index (χ1) is 7.74. The van der Waals surface area contributed by atoms with Gasteiger partial charge in [-0.15, -0.1) is 11.6 Å². The number of nitrogens with one attached hydrogen (secondary N) is 1. The largest absolute Gasteiger partial charge is 0.363 e. The zero-order chi connectivity index (χ0) is 11.4. The fraction of sp³-hybridized carbons (Fsp3) is 0.583. The molecule has 0 radical (unpaired) electrons. The van der Waals surface area contributed by atoms with E-state index in [1.807, 2.05) is 12.1 Å². The Morgan fingerprint density at radius 1 is 1.25 bits per heavy atom. The molecule has 1 saturated carbocycles. The molecule has 0 unspecified atom stereocenters. The molecule has 1 heterocycles. The standard InChI is InChI=1S/C12H16Cl2N2/c13-9-12(6-2-1-3-7-12)16-11-5-4-10(14)8-15-11/h4-5,8H,1-3,6-7,9H2,(H,15,16). The van der Waals surface area contributed by atoms with Crippen molar-refractivity contribution >= 4 is 29.0 Å². The van der Waals surface area contributed by atoms with E-state index in [0.29, 0.717) is 10.9 Å². The van der Waals surface area contributed by atoms with Crippen molar-refractivity contribution in [3.8, 4) is 0 Å². The molecule has 88 valence electrons. The predicted octanol–water partition coefficient (Wildman–Crippen LogP) is 4.09. The number of hydrogen-bond acceptors (Lipinski definition) is 2. The second-order valence-electron chi connectivity index (χ2n) is 4.46. The molecule has 0 aromatic carbocycles. The minimum absolute atomic E-state index is 0.0284. The van der Waals surface area contributed by atoms with E-state index in [-0.39, 0.29) is 5.54 Å². The van der Waals surface area contributed by atoms with Gasteiger partial charge in [0.25, 0.3) is 0 Å². The summed E-state index contributed by atoms with van der Waals surface area (Å²) in [5.41, 5.74) is 0.0284. The van der Waals surface area contributed by atoms with Crippen molar-refractivity contribution in [1.29, 1.82) is 0 Å². The van der Waals surface area contributed by atoms with E-state index in [0.717, 1.165) is 18.7 Å². The summed E-state index contributed by atoms with van der Waals surface area (Å²) in [5, 5.41) is 4.13. The summed E-state index contributed by atoms with van der Waals surface area (Å²) in [7, 11) is 0. The lowest BCUT2D eigenvalue weighted by Gasteiger charge is -2.36. The number of alkyl halides is 1. The molecule has 1 aliphatic carbocycles. The van der Waals surface area contributed by atoms with Gasteiger partial charge in [-0.2, -0.15) is 0 Å². The predicted molar refractivity (Wildman–Crippen MR) is 69.4 cm³/mol. The van der Waals surface area contributed by atoms with Crippen molar-refractivity contribution in [3.63, 3.8) is 0 Å². The minimum Gasteiger partial charge on any atom is -0.363 e. The molecule has 1 aromatic heterocycles. The third kappa shape index (κ3) is 2.80. The molecular formula is C12H16Cl2N2. The highest BCUT2D eigenvalue weighted by Gasteiger charge is 2.31. The van der Waals surface area contributed by atoms with E-state index in [4.69, 9.17) is 23.2 Å². The molecule has 0 spiro atoms. The Morgan fingerprint density at radius 2 is 2.00 bits per heavy atom. The lowest BCUT2D eigenvalue weighted by Crippen LogP contribution is -2.42. The molecule has 16 heavy (non-hydrogen) atoms. The number of aromatic nitrogens is 1. The Balaban J connectivity index is 2.08. The molecule has 1 aromatic rings. The third-order valence-electron chi connectivity index (χ3n) is 3.19. The van der Waals surface area contributed by atoms with Gasteiger partial charge in [0, 0.05) is 12.1 Å². The van der Waals surface area contributed by atoms with Crippen molar-refractivity contribution in [3.05, 3.63) is 23.4 Å². The fourth-order valence-corrected chi connectivity index (χ4v) is 2.69. The molecular weight excluding hydrogens is 243 g/mol. The summed E-state index contributed by atoms with van der Waals surface area (Å²) in [6, 6.07) is 3.76. The number of rotatable bonds is 3. The van der Waals surface area contributed by atoms with E-state index in [1.165, 1.54) is 19.3 Å². The molecule has 2 rings (SSSR count). The molecule has 0 bridgehead atoms. The van der Waals surface area contributed by atoms with Crippen LogP contribution in [0.5, 0.6) is 0 Å². The Morgan fingerprint density at radius 3 is 2.56 bits per heavy atom. The van der Waals surface area contributed by atoms with Crippen LogP contribution in [0.1, 0.15) is 32.1 Å². The minimum atomic E-state index is 0.0284. The summed E-state index contributed by atoms with van der Waals surface area (Å²) in [4.78, 5) is 4.26. The summed E-state index contributed by atoms with van der Waals surface area (Å²) in [6.07, 6.45) is 7.71.